The summed E-state index contributed by atoms with van der Waals surface area (Å²) in [7, 11) is 0. The van der Waals surface area contributed by atoms with Gasteiger partial charge in [0, 0.05) is 22.3 Å². The largest absolute Gasteiger partial charge is 0.355 e. The Morgan fingerprint density at radius 3 is 2.32 bits per heavy atom. The van der Waals surface area contributed by atoms with Crippen molar-refractivity contribution in [3.05, 3.63) is 34.3 Å². The van der Waals surface area contributed by atoms with E-state index in [9.17, 15) is 4.79 Å². The van der Waals surface area contributed by atoms with Crippen LogP contribution in [0.4, 0.5) is 0 Å². The SMILES string of the molecule is CCC(CC)(CCl)CNC(=O)Cc1ccc(Br)cc1. The van der Waals surface area contributed by atoms with Crippen molar-refractivity contribution < 1.29 is 4.79 Å². The zero-order chi connectivity index (χ0) is 14.3. The summed E-state index contributed by atoms with van der Waals surface area (Å²) in [6.45, 7) is 4.89. The third-order valence-corrected chi connectivity index (χ3v) is 4.82. The summed E-state index contributed by atoms with van der Waals surface area (Å²) >= 11 is 9.41. The van der Waals surface area contributed by atoms with Gasteiger partial charge in [-0.2, -0.15) is 0 Å². The van der Waals surface area contributed by atoms with Gasteiger partial charge < -0.3 is 5.32 Å². The van der Waals surface area contributed by atoms with Crippen LogP contribution in [-0.4, -0.2) is 18.3 Å². The van der Waals surface area contributed by atoms with Gasteiger partial charge >= 0.3 is 0 Å². The van der Waals surface area contributed by atoms with E-state index in [-0.39, 0.29) is 11.3 Å². The molecule has 0 aliphatic heterocycles. The minimum absolute atomic E-state index is 0.0247. The molecule has 0 unspecified atom stereocenters. The Labute approximate surface area is 129 Å². The van der Waals surface area contributed by atoms with Gasteiger partial charge in [0.2, 0.25) is 5.91 Å². The Hall–Kier alpha value is -0.540. The summed E-state index contributed by atoms with van der Waals surface area (Å²) in [6, 6.07) is 7.81. The zero-order valence-electron chi connectivity index (χ0n) is 11.5. The van der Waals surface area contributed by atoms with E-state index in [1.807, 2.05) is 24.3 Å². The Bertz CT molecular complexity index is 393. The third-order valence-electron chi connectivity index (χ3n) is 3.72. The van der Waals surface area contributed by atoms with Crippen LogP contribution in [0, 0.1) is 5.41 Å². The minimum atomic E-state index is 0.0247. The molecule has 1 aromatic rings. The minimum Gasteiger partial charge on any atom is -0.355 e. The number of benzene rings is 1. The van der Waals surface area contributed by atoms with Gasteiger partial charge in [-0.15, -0.1) is 11.6 Å². The van der Waals surface area contributed by atoms with E-state index in [1.165, 1.54) is 0 Å². The van der Waals surface area contributed by atoms with Crippen LogP contribution in [0.1, 0.15) is 32.3 Å². The van der Waals surface area contributed by atoms with Crippen molar-refractivity contribution >= 4 is 33.4 Å². The van der Waals surface area contributed by atoms with Gasteiger partial charge in [0.25, 0.3) is 0 Å². The van der Waals surface area contributed by atoms with E-state index < -0.39 is 0 Å². The van der Waals surface area contributed by atoms with Crippen LogP contribution in [0.15, 0.2) is 28.7 Å². The fraction of sp³-hybridized carbons (Fsp3) is 0.533. The number of hydrogen-bond donors (Lipinski definition) is 1. The van der Waals surface area contributed by atoms with Crippen molar-refractivity contribution in [2.45, 2.75) is 33.1 Å². The first-order valence-corrected chi connectivity index (χ1v) is 7.95. The Kier molecular flexibility index (Phi) is 6.87. The molecule has 1 rings (SSSR count). The molecule has 0 saturated heterocycles. The highest BCUT2D eigenvalue weighted by molar-refractivity contribution is 9.10. The molecule has 0 spiro atoms. The second-order valence-electron chi connectivity index (χ2n) is 4.92. The van der Waals surface area contributed by atoms with Crippen LogP contribution in [-0.2, 0) is 11.2 Å². The molecule has 1 amide bonds. The third kappa shape index (κ3) is 5.15. The highest BCUT2D eigenvalue weighted by atomic mass is 79.9. The van der Waals surface area contributed by atoms with Crippen LogP contribution < -0.4 is 5.32 Å². The van der Waals surface area contributed by atoms with Crippen molar-refractivity contribution in [1.82, 2.24) is 5.32 Å². The lowest BCUT2D eigenvalue weighted by molar-refractivity contribution is -0.120. The van der Waals surface area contributed by atoms with Crippen molar-refractivity contribution in [3.63, 3.8) is 0 Å². The summed E-state index contributed by atoms with van der Waals surface area (Å²) in [5, 5.41) is 3.00. The van der Waals surface area contributed by atoms with E-state index >= 15 is 0 Å². The lowest BCUT2D eigenvalue weighted by Crippen LogP contribution is -2.38. The zero-order valence-corrected chi connectivity index (χ0v) is 13.9. The van der Waals surface area contributed by atoms with E-state index in [0.717, 1.165) is 22.9 Å². The van der Waals surface area contributed by atoms with E-state index in [2.05, 4.69) is 35.1 Å². The molecule has 0 radical (unpaired) electrons. The lowest BCUT2D eigenvalue weighted by Gasteiger charge is -2.29. The number of nitrogens with one attached hydrogen (secondary N) is 1. The normalized spacial score (nSPS) is 11.4. The molecule has 1 N–H and O–H groups in total. The summed E-state index contributed by atoms with van der Waals surface area (Å²) in [6.07, 6.45) is 2.37. The smallest absolute Gasteiger partial charge is 0.224 e. The molecule has 0 fully saturated rings. The maximum Gasteiger partial charge on any atom is 0.224 e. The van der Waals surface area contributed by atoms with Crippen LogP contribution in [0.5, 0.6) is 0 Å². The highest BCUT2D eigenvalue weighted by Gasteiger charge is 2.25. The van der Waals surface area contributed by atoms with Crippen LogP contribution in [0.25, 0.3) is 0 Å². The van der Waals surface area contributed by atoms with Gasteiger partial charge in [-0.3, -0.25) is 4.79 Å². The molecular weight excluding hydrogens is 326 g/mol. The predicted octanol–water partition coefficient (Wildman–Crippen LogP) is 4.15. The van der Waals surface area contributed by atoms with Gasteiger partial charge in [0.1, 0.15) is 0 Å². The summed E-state index contributed by atoms with van der Waals surface area (Å²) in [5.41, 5.74) is 1.04. The molecule has 1 aromatic carbocycles. The Morgan fingerprint density at radius 2 is 1.84 bits per heavy atom. The standard InChI is InChI=1S/C15H21BrClNO/c1-3-15(4-2,10-17)11-18-14(19)9-12-5-7-13(16)8-6-12/h5-8H,3-4,9-11H2,1-2H3,(H,18,19). The quantitative estimate of drug-likeness (QED) is 0.738. The van der Waals surface area contributed by atoms with Crippen molar-refractivity contribution in [2.75, 3.05) is 12.4 Å². The Balaban J connectivity index is 2.49. The number of hydrogen-bond acceptors (Lipinski definition) is 1. The van der Waals surface area contributed by atoms with Gasteiger partial charge in [0.15, 0.2) is 0 Å². The first-order valence-electron chi connectivity index (χ1n) is 6.62. The van der Waals surface area contributed by atoms with Crippen molar-refractivity contribution in [1.29, 1.82) is 0 Å². The maximum atomic E-state index is 11.9. The lowest BCUT2D eigenvalue weighted by atomic mass is 9.84. The second-order valence-corrected chi connectivity index (χ2v) is 6.10. The number of halogens is 2. The fourth-order valence-electron chi connectivity index (χ4n) is 1.87. The second kappa shape index (κ2) is 7.91. The number of amides is 1. The molecule has 0 atom stereocenters. The van der Waals surface area contributed by atoms with E-state index in [1.54, 1.807) is 0 Å². The first kappa shape index (κ1) is 16.5. The van der Waals surface area contributed by atoms with Crippen molar-refractivity contribution in [2.24, 2.45) is 5.41 Å². The molecule has 0 aromatic heterocycles. The summed E-state index contributed by atoms with van der Waals surface area (Å²) in [5.74, 6) is 0.636. The maximum absolute atomic E-state index is 11.9. The fourth-order valence-corrected chi connectivity index (χ4v) is 2.61. The molecule has 0 saturated carbocycles. The number of carbonyl (C=O) groups is 1. The summed E-state index contributed by atoms with van der Waals surface area (Å²) in [4.78, 5) is 11.9. The summed E-state index contributed by atoms with van der Waals surface area (Å²) < 4.78 is 1.02. The highest BCUT2D eigenvalue weighted by Crippen LogP contribution is 2.26. The molecule has 4 heteroatoms. The van der Waals surface area contributed by atoms with E-state index in [4.69, 9.17) is 11.6 Å². The van der Waals surface area contributed by atoms with Crippen molar-refractivity contribution in [3.8, 4) is 0 Å². The van der Waals surface area contributed by atoms with Crippen LogP contribution in [0.3, 0.4) is 0 Å². The Morgan fingerprint density at radius 1 is 1.26 bits per heavy atom. The van der Waals surface area contributed by atoms with Gasteiger partial charge in [0.05, 0.1) is 6.42 Å². The van der Waals surface area contributed by atoms with Gasteiger partial charge in [-0.1, -0.05) is 41.9 Å². The number of carbonyl (C=O) groups excluding carboxylic acids is 1. The average molecular weight is 347 g/mol. The first-order chi connectivity index (χ1) is 9.05. The molecule has 0 bridgehead atoms. The number of alkyl halides is 1. The molecule has 19 heavy (non-hydrogen) atoms. The molecular formula is C15H21BrClNO. The van der Waals surface area contributed by atoms with Crippen LogP contribution >= 0.6 is 27.5 Å². The topological polar surface area (TPSA) is 29.1 Å². The van der Waals surface area contributed by atoms with Gasteiger partial charge in [-0.25, -0.2) is 0 Å². The van der Waals surface area contributed by atoms with Gasteiger partial charge in [-0.05, 0) is 30.5 Å². The van der Waals surface area contributed by atoms with E-state index in [0.29, 0.717) is 18.8 Å². The molecule has 0 aliphatic carbocycles. The molecule has 0 aliphatic rings. The monoisotopic (exact) mass is 345 g/mol. The molecule has 0 heterocycles. The van der Waals surface area contributed by atoms with Crippen LogP contribution in [0.2, 0.25) is 0 Å². The predicted molar refractivity (Wildman–Crippen MR) is 84.6 cm³/mol. The average Bonchev–Trinajstić information content (AvgIpc) is 2.44. The number of rotatable bonds is 7. The molecule has 2 nitrogen and oxygen atoms in total. The molecule has 106 valence electrons.